The zero-order valence-corrected chi connectivity index (χ0v) is 17.4. The number of rotatable bonds is 4. The summed E-state index contributed by atoms with van der Waals surface area (Å²) in [5.41, 5.74) is 3.32. The highest BCUT2D eigenvalue weighted by Crippen LogP contribution is 2.47. The molecule has 5 aromatic rings. The van der Waals surface area contributed by atoms with E-state index < -0.39 is 6.04 Å². The minimum absolute atomic E-state index is 0.123. The molecule has 8 heteroatoms. The van der Waals surface area contributed by atoms with E-state index in [1.165, 1.54) is 11.3 Å². The van der Waals surface area contributed by atoms with Crippen molar-refractivity contribution in [1.29, 1.82) is 0 Å². The Hall–Kier alpha value is -4.17. The van der Waals surface area contributed by atoms with Gasteiger partial charge in [0.2, 0.25) is 0 Å². The number of phenols is 1. The topological polar surface area (TPSA) is 84.4 Å². The van der Waals surface area contributed by atoms with Crippen LogP contribution in [0.3, 0.4) is 0 Å². The summed E-state index contributed by atoms with van der Waals surface area (Å²) in [7, 11) is 0. The fourth-order valence-electron chi connectivity index (χ4n) is 4.16. The summed E-state index contributed by atoms with van der Waals surface area (Å²) in [5, 5.41) is 17.3. The maximum atomic E-state index is 13.7. The third-order valence-electron chi connectivity index (χ3n) is 5.44. The van der Waals surface area contributed by atoms with Gasteiger partial charge >= 0.3 is 0 Å². The number of amides is 1. The number of nitrogens with zero attached hydrogens (tertiary/aromatic N) is 4. The summed E-state index contributed by atoms with van der Waals surface area (Å²) in [5.74, 6) is 0.477. The van der Waals surface area contributed by atoms with Crippen LogP contribution < -0.4 is 4.90 Å². The van der Waals surface area contributed by atoms with Gasteiger partial charge in [0.05, 0.1) is 18.0 Å². The molecule has 4 heterocycles. The number of anilines is 1. The molecule has 0 spiro atoms. The third kappa shape index (κ3) is 2.77. The molecule has 0 saturated carbocycles. The second-order valence-corrected chi connectivity index (χ2v) is 8.20. The van der Waals surface area contributed by atoms with Crippen LogP contribution in [0.5, 0.6) is 5.75 Å². The van der Waals surface area contributed by atoms with Gasteiger partial charge in [-0.2, -0.15) is 5.10 Å². The molecule has 156 valence electrons. The van der Waals surface area contributed by atoms with Crippen LogP contribution in [0.15, 0.2) is 89.0 Å². The Morgan fingerprint density at radius 3 is 2.62 bits per heavy atom. The number of furan rings is 1. The molecule has 1 N–H and O–H groups in total. The summed E-state index contributed by atoms with van der Waals surface area (Å²) >= 11 is 1.38. The first-order valence-corrected chi connectivity index (χ1v) is 10.8. The van der Waals surface area contributed by atoms with Gasteiger partial charge < -0.3 is 9.52 Å². The van der Waals surface area contributed by atoms with E-state index in [1.807, 2.05) is 53.9 Å². The zero-order valence-electron chi connectivity index (χ0n) is 16.6. The fourth-order valence-corrected chi connectivity index (χ4v) is 4.82. The van der Waals surface area contributed by atoms with Crippen LogP contribution in [0.1, 0.15) is 27.7 Å². The van der Waals surface area contributed by atoms with Gasteiger partial charge in [0.1, 0.15) is 11.4 Å². The van der Waals surface area contributed by atoms with Crippen molar-refractivity contribution in [1.82, 2.24) is 14.8 Å². The standard InChI is InChI=1S/C24H16N4O3S/c29-17-9-4-6-15(14-17)21-19-20(23(30)27(21)24-25-11-13-32-24)26-28(16-7-2-1-3-8-16)22(19)18-10-5-12-31-18/h1-14,21,29H/t21-/m1/s1. The Bertz CT molecular complexity index is 1410. The van der Waals surface area contributed by atoms with Crippen molar-refractivity contribution in [2.45, 2.75) is 6.04 Å². The lowest BCUT2D eigenvalue weighted by molar-refractivity contribution is 0.0988. The smallest absolute Gasteiger partial charge is 0.281 e. The number of hydrogen-bond donors (Lipinski definition) is 1. The second kappa shape index (κ2) is 7.21. The lowest BCUT2D eigenvalue weighted by atomic mass is 9.98. The zero-order chi connectivity index (χ0) is 21.7. The largest absolute Gasteiger partial charge is 0.508 e. The van der Waals surface area contributed by atoms with E-state index in [0.717, 1.165) is 16.8 Å². The Kier molecular flexibility index (Phi) is 4.19. The Balaban J connectivity index is 1.66. The molecular formula is C24H16N4O3S. The number of carbonyl (C=O) groups is 1. The maximum Gasteiger partial charge on any atom is 0.281 e. The van der Waals surface area contributed by atoms with Crippen molar-refractivity contribution in [2.75, 3.05) is 4.90 Å². The number of hydrogen-bond acceptors (Lipinski definition) is 6. The van der Waals surface area contributed by atoms with Crippen LogP contribution >= 0.6 is 11.3 Å². The number of fused-ring (bicyclic) bond motifs is 1. The lowest BCUT2D eigenvalue weighted by Gasteiger charge is -2.24. The predicted molar refractivity (Wildman–Crippen MR) is 120 cm³/mol. The molecule has 1 aliphatic heterocycles. The van der Waals surface area contributed by atoms with E-state index >= 15 is 0 Å². The summed E-state index contributed by atoms with van der Waals surface area (Å²) in [6.07, 6.45) is 3.27. The maximum absolute atomic E-state index is 13.7. The molecule has 3 aromatic heterocycles. The number of aromatic nitrogens is 3. The Labute approximate surface area is 186 Å². The normalized spacial score (nSPS) is 15.3. The molecule has 0 bridgehead atoms. The third-order valence-corrected chi connectivity index (χ3v) is 6.21. The van der Waals surface area contributed by atoms with Crippen molar-refractivity contribution < 1.29 is 14.3 Å². The summed E-state index contributed by atoms with van der Waals surface area (Å²) < 4.78 is 7.53. The molecule has 6 rings (SSSR count). The molecule has 0 fully saturated rings. The highest BCUT2D eigenvalue weighted by molar-refractivity contribution is 7.13. The summed E-state index contributed by atoms with van der Waals surface area (Å²) in [6.45, 7) is 0. The SMILES string of the molecule is O=C1c2nn(-c3ccccc3)c(-c3ccco3)c2[C@@H](c2cccc(O)c2)N1c1nccs1. The molecule has 1 amide bonds. The molecule has 32 heavy (non-hydrogen) atoms. The van der Waals surface area contributed by atoms with Crippen molar-refractivity contribution >= 4 is 22.4 Å². The number of aromatic hydroxyl groups is 1. The van der Waals surface area contributed by atoms with Crippen molar-refractivity contribution in [3.63, 3.8) is 0 Å². The van der Waals surface area contributed by atoms with Crippen molar-refractivity contribution in [3.05, 3.63) is 101 Å². The van der Waals surface area contributed by atoms with Gasteiger partial charge in [0.25, 0.3) is 5.91 Å². The quantitative estimate of drug-likeness (QED) is 0.423. The second-order valence-electron chi connectivity index (χ2n) is 7.32. The number of carbonyl (C=O) groups excluding carboxylic acids is 1. The monoisotopic (exact) mass is 440 g/mol. The van der Waals surface area contributed by atoms with E-state index in [1.54, 1.807) is 40.2 Å². The van der Waals surface area contributed by atoms with Gasteiger partial charge in [-0.15, -0.1) is 11.3 Å². The molecular weight excluding hydrogens is 424 g/mol. The highest BCUT2D eigenvalue weighted by Gasteiger charge is 2.46. The molecule has 7 nitrogen and oxygen atoms in total. The lowest BCUT2D eigenvalue weighted by Crippen LogP contribution is -2.29. The summed E-state index contributed by atoms with van der Waals surface area (Å²) in [4.78, 5) is 19.7. The van der Waals surface area contributed by atoms with Crippen LogP contribution in [-0.4, -0.2) is 25.8 Å². The first-order chi connectivity index (χ1) is 15.7. The van der Waals surface area contributed by atoms with Gasteiger partial charge in [0, 0.05) is 17.1 Å². The molecule has 0 saturated heterocycles. The highest BCUT2D eigenvalue weighted by atomic mass is 32.1. The molecule has 1 atom stereocenters. The first kappa shape index (κ1) is 18.6. The van der Waals surface area contributed by atoms with Gasteiger partial charge in [-0.05, 0) is 42.0 Å². The number of thiazole rings is 1. The van der Waals surface area contributed by atoms with Crippen LogP contribution in [0, 0.1) is 0 Å². The molecule has 0 radical (unpaired) electrons. The summed E-state index contributed by atoms with van der Waals surface area (Å²) in [6, 6.07) is 19.7. The fraction of sp³-hybridized carbons (Fsp3) is 0.0417. The van der Waals surface area contributed by atoms with Crippen LogP contribution in [0.25, 0.3) is 17.1 Å². The number of para-hydroxylation sites is 1. The molecule has 2 aromatic carbocycles. The predicted octanol–water partition coefficient (Wildman–Crippen LogP) is 5.04. The van der Waals surface area contributed by atoms with Crippen molar-refractivity contribution in [2.24, 2.45) is 0 Å². The van der Waals surface area contributed by atoms with Gasteiger partial charge in [-0.1, -0.05) is 30.3 Å². The first-order valence-electron chi connectivity index (χ1n) is 9.96. The molecule has 1 aliphatic rings. The number of benzene rings is 2. The molecule has 0 unspecified atom stereocenters. The van der Waals surface area contributed by atoms with Gasteiger partial charge in [0.15, 0.2) is 16.6 Å². The van der Waals surface area contributed by atoms with Crippen molar-refractivity contribution in [3.8, 4) is 22.9 Å². The average Bonchev–Trinajstić information content (AvgIpc) is 3.60. The van der Waals surface area contributed by atoms with E-state index in [-0.39, 0.29) is 11.7 Å². The van der Waals surface area contributed by atoms with Crippen LogP contribution in [-0.2, 0) is 0 Å². The minimum atomic E-state index is -0.520. The van der Waals surface area contributed by atoms with E-state index in [0.29, 0.717) is 22.3 Å². The minimum Gasteiger partial charge on any atom is -0.508 e. The van der Waals surface area contributed by atoms with Gasteiger partial charge in [-0.25, -0.2) is 9.67 Å². The van der Waals surface area contributed by atoms with Crippen LogP contribution in [0.2, 0.25) is 0 Å². The molecule has 0 aliphatic carbocycles. The average molecular weight is 440 g/mol. The number of phenolic OH excluding ortho intramolecular Hbond substituents is 1. The Morgan fingerprint density at radius 2 is 1.91 bits per heavy atom. The van der Waals surface area contributed by atoms with E-state index in [4.69, 9.17) is 9.52 Å². The Morgan fingerprint density at radius 1 is 1.03 bits per heavy atom. The van der Waals surface area contributed by atoms with E-state index in [2.05, 4.69) is 4.98 Å². The van der Waals surface area contributed by atoms with E-state index in [9.17, 15) is 9.90 Å². The van der Waals surface area contributed by atoms with Crippen LogP contribution in [0.4, 0.5) is 5.13 Å². The van der Waals surface area contributed by atoms with Gasteiger partial charge in [-0.3, -0.25) is 9.69 Å².